The van der Waals surface area contributed by atoms with Crippen LogP contribution in [0.5, 0.6) is 0 Å². The van der Waals surface area contributed by atoms with Gasteiger partial charge in [0.2, 0.25) is 11.3 Å². The molecule has 0 spiro atoms. The van der Waals surface area contributed by atoms with Crippen LogP contribution in [0, 0.1) is 15.8 Å². The molecule has 0 bridgehead atoms. The lowest BCUT2D eigenvalue weighted by Gasteiger charge is -1.98. The van der Waals surface area contributed by atoms with Crippen LogP contribution in [0.25, 0.3) is 11.5 Å². The van der Waals surface area contributed by atoms with Gasteiger partial charge in [-0.1, -0.05) is 0 Å². The van der Waals surface area contributed by atoms with Crippen LogP contribution < -0.4 is 5.43 Å². The van der Waals surface area contributed by atoms with Crippen LogP contribution in [0.2, 0.25) is 0 Å². The van der Waals surface area contributed by atoms with Crippen LogP contribution in [-0.2, 0) is 12.8 Å². The molecule has 1 aromatic rings. The summed E-state index contributed by atoms with van der Waals surface area (Å²) >= 11 is 1.29. The minimum absolute atomic E-state index is 0.00508. The average molecular weight is 287 g/mol. The third kappa shape index (κ3) is 1.63. The van der Waals surface area contributed by atoms with Gasteiger partial charge in [0.05, 0.1) is 4.53 Å². The van der Waals surface area contributed by atoms with Crippen LogP contribution in [0.3, 0.4) is 0 Å². The fraction of sp³-hybridized carbons (Fsp3) is 0.200. The lowest BCUT2D eigenvalue weighted by Crippen LogP contribution is -2.02. The molecule has 1 aromatic carbocycles. The van der Waals surface area contributed by atoms with E-state index in [4.69, 9.17) is 4.42 Å². The minimum Gasteiger partial charge on any atom is -0.432 e. The van der Waals surface area contributed by atoms with Gasteiger partial charge in [-0.3, -0.25) is 4.79 Å². The molecule has 0 radical (unpaired) electrons. The second kappa shape index (κ2) is 4.24. The van der Waals surface area contributed by atoms with E-state index < -0.39 is 0 Å². The van der Waals surface area contributed by atoms with E-state index >= 15 is 0 Å². The van der Waals surface area contributed by atoms with Crippen molar-refractivity contribution in [3.63, 3.8) is 0 Å². The summed E-state index contributed by atoms with van der Waals surface area (Å²) in [4.78, 5) is 12.3. The van der Waals surface area contributed by atoms with Gasteiger partial charge in [0.15, 0.2) is 5.42 Å². The van der Waals surface area contributed by atoms with E-state index in [1.54, 1.807) is 12.1 Å². The summed E-state index contributed by atoms with van der Waals surface area (Å²) in [7, 11) is 0. The predicted octanol–water partition coefficient (Wildman–Crippen LogP) is 3.12. The molecule has 0 aromatic heterocycles. The molecule has 3 aliphatic rings. The van der Waals surface area contributed by atoms with E-state index in [1.165, 1.54) is 23.7 Å². The van der Waals surface area contributed by atoms with E-state index in [2.05, 4.69) is 4.37 Å². The first-order valence-electron chi connectivity index (χ1n) is 6.44. The van der Waals surface area contributed by atoms with Gasteiger partial charge < -0.3 is 4.42 Å². The van der Waals surface area contributed by atoms with Crippen LogP contribution in [0.1, 0.15) is 17.5 Å². The monoisotopic (exact) mass is 287 g/mol. The Balaban J connectivity index is 1.97. The number of halogens is 1. The van der Waals surface area contributed by atoms with E-state index in [9.17, 15) is 9.18 Å². The third-order valence-electron chi connectivity index (χ3n) is 3.69. The maximum Gasteiger partial charge on any atom is 0.237 e. The number of nitrogens with zero attached hydrogens (tertiary/aromatic N) is 1. The second-order valence-corrected chi connectivity index (χ2v) is 5.67. The molecule has 4 rings (SSSR count). The van der Waals surface area contributed by atoms with Gasteiger partial charge >= 0.3 is 0 Å². The zero-order valence-electron chi connectivity index (χ0n) is 10.5. The van der Waals surface area contributed by atoms with Crippen LogP contribution in [0.4, 0.5) is 4.39 Å². The highest BCUT2D eigenvalue weighted by molar-refractivity contribution is 7.03. The van der Waals surface area contributed by atoms with Crippen molar-refractivity contribution < 1.29 is 8.81 Å². The number of rotatable bonds is 1. The zero-order valence-corrected chi connectivity index (χ0v) is 11.3. The summed E-state index contributed by atoms with van der Waals surface area (Å²) in [6.07, 6.45) is 2.79. The first kappa shape index (κ1) is 11.8. The van der Waals surface area contributed by atoms with Crippen LogP contribution in [-0.4, -0.2) is 4.37 Å². The Morgan fingerprint density at radius 2 is 1.90 bits per heavy atom. The summed E-state index contributed by atoms with van der Waals surface area (Å²) in [5.41, 5.74) is 3.06. The number of aromatic nitrogens is 1. The molecule has 2 aliphatic carbocycles. The Morgan fingerprint density at radius 1 is 1.15 bits per heavy atom. The van der Waals surface area contributed by atoms with Crippen molar-refractivity contribution in [3.8, 4) is 11.5 Å². The lowest BCUT2D eigenvalue weighted by molar-refractivity contribution is 0.519. The van der Waals surface area contributed by atoms with E-state index in [0.717, 1.165) is 34.9 Å². The maximum atomic E-state index is 12.9. The largest absolute Gasteiger partial charge is 0.432 e. The van der Waals surface area contributed by atoms with E-state index in [0.29, 0.717) is 16.9 Å². The average Bonchev–Trinajstić information content (AvgIpc) is 3.04. The molecule has 1 aliphatic heterocycles. The molecule has 3 nitrogen and oxygen atoms in total. The molecule has 0 N–H and O–H groups in total. The fourth-order valence-electron chi connectivity index (χ4n) is 2.72. The molecular weight excluding hydrogens is 277 g/mol. The molecule has 0 fully saturated rings. The normalized spacial score (nSPS) is 13.8. The Hall–Kier alpha value is -2.01. The SMILES string of the molecule is O=c1c2c(c3snc(-c4ccc(F)cc4)oc1=3)CCC2. The number of hydrogen-bond acceptors (Lipinski definition) is 4. The maximum absolute atomic E-state index is 12.9. The fourth-order valence-corrected chi connectivity index (χ4v) is 3.59. The van der Waals surface area contributed by atoms with Crippen molar-refractivity contribution in [1.82, 2.24) is 4.37 Å². The van der Waals surface area contributed by atoms with Gasteiger partial charge in [0.1, 0.15) is 5.82 Å². The van der Waals surface area contributed by atoms with Gasteiger partial charge in [0.25, 0.3) is 0 Å². The molecular formula is C15H10FNO2S. The Morgan fingerprint density at radius 3 is 2.70 bits per heavy atom. The first-order chi connectivity index (χ1) is 9.74. The van der Waals surface area contributed by atoms with Crippen LogP contribution in [0.15, 0.2) is 33.5 Å². The van der Waals surface area contributed by atoms with Crippen molar-refractivity contribution in [2.24, 2.45) is 0 Å². The lowest BCUT2D eigenvalue weighted by atomic mass is 10.2. The topological polar surface area (TPSA) is 43.1 Å². The smallest absolute Gasteiger partial charge is 0.237 e. The van der Waals surface area contributed by atoms with E-state index in [-0.39, 0.29) is 11.2 Å². The molecule has 0 saturated heterocycles. The van der Waals surface area contributed by atoms with Crippen molar-refractivity contribution in [1.29, 1.82) is 0 Å². The van der Waals surface area contributed by atoms with Crippen molar-refractivity contribution in [2.45, 2.75) is 19.3 Å². The highest BCUT2D eigenvalue weighted by Gasteiger charge is 2.22. The number of benzene rings is 1. The van der Waals surface area contributed by atoms with Crippen molar-refractivity contribution >= 4 is 11.5 Å². The Bertz CT molecular complexity index is 911. The minimum atomic E-state index is -0.310. The van der Waals surface area contributed by atoms with E-state index in [1.807, 2.05) is 0 Å². The molecule has 0 amide bonds. The predicted molar refractivity (Wildman–Crippen MR) is 73.4 cm³/mol. The highest BCUT2D eigenvalue weighted by Crippen LogP contribution is 2.26. The summed E-state index contributed by atoms with van der Waals surface area (Å²) in [6, 6.07) is 5.90. The molecule has 20 heavy (non-hydrogen) atoms. The summed E-state index contributed by atoms with van der Waals surface area (Å²) in [5.74, 6) is 0.0542. The van der Waals surface area contributed by atoms with Gasteiger partial charge in [-0.2, -0.15) is 4.37 Å². The third-order valence-corrected chi connectivity index (χ3v) is 4.56. The highest BCUT2D eigenvalue weighted by atomic mass is 32.1. The Kier molecular flexibility index (Phi) is 2.50. The first-order valence-corrected chi connectivity index (χ1v) is 7.21. The molecule has 100 valence electrons. The van der Waals surface area contributed by atoms with Crippen molar-refractivity contribution in [3.05, 3.63) is 61.4 Å². The summed E-state index contributed by atoms with van der Waals surface area (Å²) in [5, 5.41) is 0. The van der Waals surface area contributed by atoms with Gasteiger partial charge in [-0.15, -0.1) is 0 Å². The molecule has 0 unspecified atom stereocenters. The summed E-state index contributed by atoms with van der Waals surface area (Å²) in [6.45, 7) is 0. The van der Waals surface area contributed by atoms with Crippen molar-refractivity contribution in [2.75, 3.05) is 0 Å². The molecule has 0 atom stereocenters. The van der Waals surface area contributed by atoms with Crippen LogP contribution >= 0.6 is 11.5 Å². The molecule has 5 heteroatoms. The zero-order chi connectivity index (χ0) is 13.7. The molecule has 0 saturated carbocycles. The quantitative estimate of drug-likeness (QED) is 0.690. The molecule has 1 heterocycles. The Labute approximate surface area is 117 Å². The summed E-state index contributed by atoms with van der Waals surface area (Å²) < 4.78 is 23.8. The second-order valence-electron chi connectivity index (χ2n) is 4.89. The van der Waals surface area contributed by atoms with Gasteiger partial charge in [0, 0.05) is 11.1 Å². The number of fused-ring (bicyclic) bond motifs is 2. The van der Waals surface area contributed by atoms with Gasteiger partial charge in [-0.05, 0) is 60.6 Å². The number of hydrogen-bond donors (Lipinski definition) is 0. The van der Waals surface area contributed by atoms with Gasteiger partial charge in [-0.25, -0.2) is 4.39 Å². The standard InChI is InChI=1S/C15H10FNO2S/c16-9-6-4-8(5-7-9)15-17-20-14-11-3-1-2-10(11)12(18)13(14)19-15/h4-7H,1-3H2.